The van der Waals surface area contributed by atoms with Gasteiger partial charge in [-0.15, -0.1) is 0 Å². The second-order valence-electron chi connectivity index (χ2n) is 5.06. The number of nitrogens with zero attached hydrogens (tertiary/aromatic N) is 2. The van der Waals surface area contributed by atoms with E-state index in [0.717, 1.165) is 0 Å². The highest BCUT2D eigenvalue weighted by molar-refractivity contribution is 8.00. The lowest BCUT2D eigenvalue weighted by Crippen LogP contribution is -2.64. The largest absolute Gasteiger partial charge is 0.480 e. The first-order chi connectivity index (χ1) is 9.49. The summed E-state index contributed by atoms with van der Waals surface area (Å²) in [6.45, 7) is 2.11. The van der Waals surface area contributed by atoms with Crippen molar-refractivity contribution in [2.75, 3.05) is 12.3 Å². The maximum absolute atomic E-state index is 12.0. The van der Waals surface area contributed by atoms with E-state index in [9.17, 15) is 19.8 Å². The molecular weight excluding hydrogens is 282 g/mol. The minimum atomic E-state index is -0.982. The van der Waals surface area contributed by atoms with E-state index in [1.54, 1.807) is 6.92 Å². The van der Waals surface area contributed by atoms with Crippen LogP contribution in [0.2, 0.25) is 0 Å². The fourth-order valence-electron chi connectivity index (χ4n) is 3.04. The standard InChI is InChI=1S/C12H19N3O4S/c1-6(16)9-7-4-8(20-3-2-14-5-13)10(12(18)19)15(7)11(9)17/h5-10,16H,2-4H2,1H3,(H2,13,14)(H,18,19)/t6-,7-,8?,9-,10-/m1/s1. The van der Waals surface area contributed by atoms with Crippen molar-refractivity contribution in [3.05, 3.63) is 0 Å². The molecule has 4 N–H and O–H groups in total. The highest BCUT2D eigenvalue weighted by Gasteiger charge is 2.61. The van der Waals surface area contributed by atoms with Gasteiger partial charge in [-0.05, 0) is 13.3 Å². The Morgan fingerprint density at radius 2 is 2.40 bits per heavy atom. The SMILES string of the molecule is C[C@@H](O)[C@H]1C(=O)N2[C@@H]1CC(SCCN=CN)[C@@H]2C(=O)O. The molecule has 20 heavy (non-hydrogen) atoms. The van der Waals surface area contributed by atoms with Gasteiger partial charge in [-0.2, -0.15) is 11.8 Å². The molecule has 2 heterocycles. The van der Waals surface area contributed by atoms with E-state index in [4.69, 9.17) is 5.73 Å². The number of aliphatic carboxylic acids is 1. The summed E-state index contributed by atoms with van der Waals surface area (Å²) in [5.41, 5.74) is 5.15. The van der Waals surface area contributed by atoms with Crippen molar-refractivity contribution < 1.29 is 19.8 Å². The van der Waals surface area contributed by atoms with Crippen molar-refractivity contribution in [2.45, 2.75) is 36.8 Å². The molecule has 1 amide bonds. The van der Waals surface area contributed by atoms with Crippen LogP contribution in [0.4, 0.5) is 0 Å². The van der Waals surface area contributed by atoms with Gasteiger partial charge >= 0.3 is 5.97 Å². The average molecular weight is 301 g/mol. The first-order valence-electron chi connectivity index (χ1n) is 6.53. The van der Waals surface area contributed by atoms with E-state index in [0.29, 0.717) is 18.7 Å². The fourth-order valence-corrected chi connectivity index (χ4v) is 4.31. The number of carbonyl (C=O) groups excluding carboxylic acids is 1. The van der Waals surface area contributed by atoms with Gasteiger partial charge in [0.25, 0.3) is 0 Å². The lowest BCUT2D eigenvalue weighted by molar-refractivity contribution is -0.169. The maximum Gasteiger partial charge on any atom is 0.327 e. The highest BCUT2D eigenvalue weighted by Crippen LogP contribution is 2.45. The number of β-lactam (4-membered cyclic amide) rings is 1. The summed E-state index contributed by atoms with van der Waals surface area (Å²) in [4.78, 5) is 28.7. The number of hydrogen-bond donors (Lipinski definition) is 3. The van der Waals surface area contributed by atoms with Crippen LogP contribution in [0.1, 0.15) is 13.3 Å². The third kappa shape index (κ3) is 2.49. The lowest BCUT2D eigenvalue weighted by Gasteiger charge is -2.45. The zero-order chi connectivity index (χ0) is 14.9. The van der Waals surface area contributed by atoms with Crippen LogP contribution >= 0.6 is 11.8 Å². The zero-order valence-electron chi connectivity index (χ0n) is 11.2. The Hall–Kier alpha value is -1.28. The van der Waals surface area contributed by atoms with Gasteiger partial charge in [0.2, 0.25) is 5.91 Å². The average Bonchev–Trinajstić information content (AvgIpc) is 2.69. The highest BCUT2D eigenvalue weighted by atomic mass is 32.2. The van der Waals surface area contributed by atoms with Crippen molar-refractivity contribution >= 4 is 30.0 Å². The van der Waals surface area contributed by atoms with E-state index in [-0.39, 0.29) is 17.2 Å². The lowest BCUT2D eigenvalue weighted by atomic mass is 9.84. The molecule has 0 aromatic heterocycles. The van der Waals surface area contributed by atoms with Crippen molar-refractivity contribution in [3.8, 4) is 0 Å². The molecule has 1 unspecified atom stereocenters. The molecule has 7 nitrogen and oxygen atoms in total. The number of nitrogens with two attached hydrogens (primary N) is 1. The molecule has 2 fully saturated rings. The smallest absolute Gasteiger partial charge is 0.327 e. The van der Waals surface area contributed by atoms with E-state index in [2.05, 4.69) is 4.99 Å². The summed E-state index contributed by atoms with van der Waals surface area (Å²) in [5, 5.41) is 18.8. The van der Waals surface area contributed by atoms with Gasteiger partial charge in [0, 0.05) is 23.6 Å². The van der Waals surface area contributed by atoms with E-state index in [1.165, 1.54) is 23.0 Å². The van der Waals surface area contributed by atoms with Crippen LogP contribution in [-0.2, 0) is 9.59 Å². The second kappa shape index (κ2) is 6.01. The number of carboxylic acids is 1. The number of carboxylic acid groups (broad SMARTS) is 1. The van der Waals surface area contributed by atoms with E-state index < -0.39 is 24.0 Å². The summed E-state index contributed by atoms with van der Waals surface area (Å²) in [6.07, 6.45) is 1.10. The van der Waals surface area contributed by atoms with Crippen molar-refractivity contribution in [1.82, 2.24) is 4.90 Å². The molecule has 2 aliphatic heterocycles. The minimum Gasteiger partial charge on any atom is -0.480 e. The van der Waals surface area contributed by atoms with E-state index in [1.807, 2.05) is 0 Å². The molecule has 5 atom stereocenters. The van der Waals surface area contributed by atoms with Crippen LogP contribution in [0, 0.1) is 5.92 Å². The predicted octanol–water partition coefficient (Wildman–Crippen LogP) is -0.860. The number of rotatable bonds is 6. The maximum atomic E-state index is 12.0. The molecule has 0 aromatic carbocycles. The summed E-state index contributed by atoms with van der Waals surface area (Å²) in [7, 11) is 0. The van der Waals surface area contributed by atoms with Crippen LogP contribution in [0.25, 0.3) is 0 Å². The Morgan fingerprint density at radius 3 is 2.95 bits per heavy atom. The predicted molar refractivity (Wildman–Crippen MR) is 75.6 cm³/mol. The number of carbonyl (C=O) groups is 2. The Balaban J connectivity index is 2.03. The van der Waals surface area contributed by atoms with Crippen molar-refractivity contribution in [1.29, 1.82) is 0 Å². The Kier molecular flexibility index (Phi) is 4.54. The topological polar surface area (TPSA) is 116 Å². The summed E-state index contributed by atoms with van der Waals surface area (Å²) < 4.78 is 0. The van der Waals surface area contributed by atoms with Gasteiger partial charge in [0.05, 0.1) is 18.4 Å². The molecule has 0 spiro atoms. The quantitative estimate of drug-likeness (QED) is 0.254. The number of aliphatic hydroxyl groups excluding tert-OH is 1. The monoisotopic (exact) mass is 301 g/mol. The second-order valence-corrected chi connectivity index (χ2v) is 6.41. The van der Waals surface area contributed by atoms with Gasteiger partial charge in [-0.1, -0.05) is 0 Å². The molecule has 2 rings (SSSR count). The zero-order valence-corrected chi connectivity index (χ0v) is 12.0. The molecule has 0 bridgehead atoms. The third-order valence-electron chi connectivity index (χ3n) is 3.87. The van der Waals surface area contributed by atoms with Crippen molar-refractivity contribution in [2.24, 2.45) is 16.6 Å². The number of hydrogen-bond acceptors (Lipinski definition) is 5. The van der Waals surface area contributed by atoms with Gasteiger partial charge in [0.1, 0.15) is 6.04 Å². The van der Waals surface area contributed by atoms with Crippen LogP contribution in [-0.4, -0.2) is 69.1 Å². The number of aliphatic hydroxyl groups is 1. The van der Waals surface area contributed by atoms with Gasteiger partial charge in [0.15, 0.2) is 0 Å². The van der Waals surface area contributed by atoms with Gasteiger partial charge in [-0.25, -0.2) is 4.79 Å². The summed E-state index contributed by atoms with van der Waals surface area (Å²) in [6, 6.07) is -0.950. The van der Waals surface area contributed by atoms with Gasteiger partial charge < -0.3 is 20.8 Å². The fraction of sp³-hybridized carbons (Fsp3) is 0.750. The van der Waals surface area contributed by atoms with Crippen LogP contribution in [0.3, 0.4) is 0 Å². The Morgan fingerprint density at radius 1 is 1.70 bits per heavy atom. The normalized spacial score (nSPS) is 34.1. The van der Waals surface area contributed by atoms with Crippen LogP contribution in [0.15, 0.2) is 4.99 Å². The Labute approximate surface area is 121 Å². The van der Waals surface area contributed by atoms with Crippen LogP contribution in [0.5, 0.6) is 0 Å². The third-order valence-corrected chi connectivity index (χ3v) is 5.16. The van der Waals surface area contributed by atoms with Crippen molar-refractivity contribution in [3.63, 3.8) is 0 Å². The van der Waals surface area contributed by atoms with Crippen LogP contribution < -0.4 is 5.73 Å². The summed E-state index contributed by atoms with van der Waals surface area (Å²) >= 11 is 1.50. The molecule has 2 aliphatic rings. The molecule has 0 aromatic rings. The number of fused-ring (bicyclic) bond motifs is 1. The molecule has 0 radical (unpaired) electrons. The first kappa shape index (κ1) is 15.1. The minimum absolute atomic E-state index is 0.154. The molecule has 8 heteroatoms. The molecule has 112 valence electrons. The number of aliphatic imine (C=N–C) groups is 1. The molecular formula is C12H19N3O4S. The molecule has 0 saturated carbocycles. The number of thioether (sulfide) groups is 1. The van der Waals surface area contributed by atoms with Gasteiger partial charge in [-0.3, -0.25) is 9.79 Å². The Bertz CT molecular complexity index is 429. The van der Waals surface area contributed by atoms with E-state index >= 15 is 0 Å². The summed E-state index contributed by atoms with van der Waals surface area (Å²) in [5.74, 6) is -1.02. The first-order valence-corrected chi connectivity index (χ1v) is 7.58. The molecule has 2 saturated heterocycles. The molecule has 0 aliphatic carbocycles. The number of amides is 1.